The van der Waals surface area contributed by atoms with Crippen LogP contribution in [-0.2, 0) is 25.2 Å². The van der Waals surface area contributed by atoms with Gasteiger partial charge in [-0.05, 0) is 0 Å². The Kier molecular flexibility index (Phi) is 8.81. The largest absolute Gasteiger partial charge is 1.00 e. The van der Waals surface area contributed by atoms with Gasteiger partial charge in [0.2, 0.25) is 0 Å². The van der Waals surface area contributed by atoms with Crippen molar-refractivity contribution in [1.82, 2.24) is 0 Å². The molecule has 0 saturated heterocycles. The van der Waals surface area contributed by atoms with Crippen LogP contribution in [0.25, 0.3) is 0 Å². The Morgan fingerprint density at radius 3 is 2.21 bits per heavy atom. The molecule has 0 amide bonds. The Balaban J connectivity index is 0.00000264. The van der Waals surface area contributed by atoms with Gasteiger partial charge in [0.25, 0.3) is 0 Å². The van der Waals surface area contributed by atoms with E-state index >= 15 is 0 Å². The van der Waals surface area contributed by atoms with E-state index in [0.29, 0.717) is 0 Å². The second-order valence-electron chi connectivity index (χ2n) is 7.85. The van der Waals surface area contributed by atoms with E-state index < -0.39 is 0 Å². The average Bonchev–Trinajstić information content (AvgIpc) is 2.85. The summed E-state index contributed by atoms with van der Waals surface area (Å²) in [6.07, 6.45) is 13.4. The first-order chi connectivity index (χ1) is 10.2. The van der Waals surface area contributed by atoms with Crippen LogP contribution in [0.4, 0.5) is 0 Å². The minimum atomic E-state index is -0.264. The van der Waals surface area contributed by atoms with Crippen LogP contribution in [0.5, 0.6) is 0 Å². The summed E-state index contributed by atoms with van der Waals surface area (Å²) in [6.45, 7) is 14.5. The fourth-order valence-electron chi connectivity index (χ4n) is 3.96. The monoisotopic (exact) mass is 403 g/mol. The molecule has 24 heavy (non-hydrogen) atoms. The van der Waals surface area contributed by atoms with Crippen LogP contribution in [0, 0.1) is 10.8 Å². The van der Waals surface area contributed by atoms with E-state index in [-0.39, 0.29) is 41.2 Å². The zero-order valence-corrected chi connectivity index (χ0v) is 18.7. The zero-order valence-electron chi connectivity index (χ0n) is 15.7. The molecule has 1 atom stereocenters. The molecule has 0 saturated carbocycles. The topological polar surface area (TPSA) is 9.23 Å². The maximum atomic E-state index is 6.55. The molecule has 0 aliphatic heterocycles. The van der Waals surface area contributed by atoms with E-state index in [1.54, 1.807) is 0 Å². The van der Waals surface area contributed by atoms with Gasteiger partial charge in [-0.1, -0.05) is 0 Å². The van der Waals surface area contributed by atoms with Gasteiger partial charge in [0, 0.05) is 0 Å². The van der Waals surface area contributed by atoms with Gasteiger partial charge in [0.15, 0.2) is 0 Å². The van der Waals surface area contributed by atoms with Gasteiger partial charge in [-0.25, -0.2) is 0 Å². The summed E-state index contributed by atoms with van der Waals surface area (Å²) in [7, 11) is 0. The Hall–Kier alpha value is 0.214. The molecule has 2 aliphatic carbocycles. The molecule has 0 heterocycles. The molecular weight excluding hydrogens is 375 g/mol. The van der Waals surface area contributed by atoms with Crippen LogP contribution in [0.3, 0.4) is 0 Å². The van der Waals surface area contributed by atoms with Crippen LogP contribution < -0.4 is 24.8 Å². The van der Waals surface area contributed by atoms with Crippen molar-refractivity contribution in [2.45, 2.75) is 60.0 Å². The number of ether oxygens (including phenoxy) is 1. The minimum absolute atomic E-state index is 0. The Labute approximate surface area is 172 Å². The summed E-state index contributed by atoms with van der Waals surface area (Å²) in [5.74, 6) is 0. The van der Waals surface area contributed by atoms with Gasteiger partial charge in [-0.2, -0.15) is 0 Å². The van der Waals surface area contributed by atoms with Crippen molar-refractivity contribution in [2.24, 2.45) is 10.8 Å². The molecule has 2 aliphatic rings. The number of allylic oxidation sites excluding steroid dienone is 5. The minimum Gasteiger partial charge on any atom is -1.00 e. The van der Waals surface area contributed by atoms with E-state index in [2.05, 4.69) is 92.4 Å². The predicted octanol–water partition coefficient (Wildman–Crippen LogP) is -0.511. The molecule has 0 radical (unpaired) electrons. The SMILES string of the molecule is CCOC1(C(C)(C)C2=[C]([Ti+2])CC=C2)CC=CC=C1C(C)(C)C.[Cl-].[Cl-]. The Morgan fingerprint density at radius 1 is 1.12 bits per heavy atom. The van der Waals surface area contributed by atoms with Crippen LogP contribution in [0.2, 0.25) is 0 Å². The normalized spacial score (nSPS) is 23.8. The van der Waals surface area contributed by atoms with E-state index in [1.165, 1.54) is 15.0 Å². The first kappa shape index (κ1) is 24.2. The molecule has 0 spiro atoms. The number of hydrogen-bond donors (Lipinski definition) is 0. The fourth-order valence-corrected chi connectivity index (χ4v) is 4.76. The van der Waals surface area contributed by atoms with Crippen LogP contribution in [-0.4, -0.2) is 12.2 Å². The van der Waals surface area contributed by atoms with Gasteiger partial charge in [0.05, 0.1) is 0 Å². The molecule has 2 rings (SSSR count). The van der Waals surface area contributed by atoms with E-state index in [0.717, 1.165) is 19.4 Å². The summed E-state index contributed by atoms with van der Waals surface area (Å²) >= 11 is 2.26. The van der Waals surface area contributed by atoms with Gasteiger partial charge in [-0.15, -0.1) is 0 Å². The summed E-state index contributed by atoms with van der Waals surface area (Å²) in [5.41, 5.74) is 2.64. The molecule has 133 valence electrons. The molecule has 0 fully saturated rings. The standard InChI is InChI=1S/C20H29O.2ClH.Ti/c1-7-21-20(19(5,6)16-12-8-9-13-16)15-11-10-14-17(20)18(2,3)4;;;/h8,10-12,14H,7,9,15H2,1-6H3;2*1H;/q;;;+2/p-2. The zero-order chi connectivity index (χ0) is 16.6. The van der Waals surface area contributed by atoms with Crippen molar-refractivity contribution in [1.29, 1.82) is 0 Å². The van der Waals surface area contributed by atoms with Crippen molar-refractivity contribution >= 4 is 0 Å². The van der Waals surface area contributed by atoms with Gasteiger partial charge < -0.3 is 24.8 Å². The molecular formula is C20H29Cl2OTi. The Morgan fingerprint density at radius 2 is 1.75 bits per heavy atom. The summed E-state index contributed by atoms with van der Waals surface area (Å²) < 4.78 is 8.03. The summed E-state index contributed by atoms with van der Waals surface area (Å²) in [6, 6.07) is 0. The summed E-state index contributed by atoms with van der Waals surface area (Å²) in [5, 5.41) is 0. The van der Waals surface area contributed by atoms with Crippen molar-refractivity contribution in [2.75, 3.05) is 6.61 Å². The molecule has 0 N–H and O–H groups in total. The molecule has 0 aromatic carbocycles. The first-order valence-corrected chi connectivity index (χ1v) is 9.08. The second-order valence-corrected chi connectivity index (χ2v) is 8.79. The molecule has 1 nitrogen and oxygen atoms in total. The third kappa shape index (κ3) is 4.13. The molecule has 0 aromatic heterocycles. The van der Waals surface area contributed by atoms with Gasteiger partial charge in [-0.3, -0.25) is 0 Å². The van der Waals surface area contributed by atoms with Crippen LogP contribution >= 0.6 is 0 Å². The maximum absolute atomic E-state index is 6.55. The van der Waals surface area contributed by atoms with Crippen molar-refractivity contribution < 1.29 is 50.0 Å². The third-order valence-electron chi connectivity index (χ3n) is 5.05. The van der Waals surface area contributed by atoms with E-state index in [9.17, 15) is 0 Å². The summed E-state index contributed by atoms with van der Waals surface area (Å²) in [4.78, 5) is 0. The number of halogens is 2. The first-order valence-electron chi connectivity index (χ1n) is 8.30. The van der Waals surface area contributed by atoms with Crippen molar-refractivity contribution in [3.8, 4) is 0 Å². The Bertz CT molecular complexity index is 565. The smallest absolute Gasteiger partial charge is 1.00 e. The van der Waals surface area contributed by atoms with E-state index in [4.69, 9.17) is 4.74 Å². The fraction of sp³-hybridized carbons (Fsp3) is 0.600. The average molecular weight is 404 g/mol. The quantitative estimate of drug-likeness (QED) is 0.574. The molecule has 0 bridgehead atoms. The molecule has 0 aromatic rings. The third-order valence-corrected chi connectivity index (χ3v) is 5.79. The van der Waals surface area contributed by atoms with E-state index in [1.807, 2.05) is 0 Å². The number of rotatable bonds is 4. The maximum Gasteiger partial charge on any atom is -1.00 e. The van der Waals surface area contributed by atoms with Crippen LogP contribution in [0.15, 0.2) is 45.4 Å². The van der Waals surface area contributed by atoms with Crippen LogP contribution in [0.1, 0.15) is 54.4 Å². The number of hydrogen-bond acceptors (Lipinski definition) is 1. The van der Waals surface area contributed by atoms with Gasteiger partial charge >= 0.3 is 148 Å². The van der Waals surface area contributed by atoms with Crippen molar-refractivity contribution in [3.63, 3.8) is 0 Å². The van der Waals surface area contributed by atoms with Crippen molar-refractivity contribution in [3.05, 3.63) is 45.4 Å². The van der Waals surface area contributed by atoms with Gasteiger partial charge in [0.1, 0.15) is 0 Å². The molecule has 4 heteroatoms. The predicted molar refractivity (Wildman–Crippen MR) is 90.2 cm³/mol. The second kappa shape index (κ2) is 8.73. The molecule has 1 unspecified atom stereocenters.